The van der Waals surface area contributed by atoms with Gasteiger partial charge in [-0.25, -0.2) is 9.69 Å². The van der Waals surface area contributed by atoms with Gasteiger partial charge in [0, 0.05) is 55.4 Å². The van der Waals surface area contributed by atoms with Crippen molar-refractivity contribution in [3.8, 4) is 0 Å². The Hall–Kier alpha value is -3.72. The molecule has 4 rings (SSSR count). The molecular formula is C24H24N4O4S. The summed E-state index contributed by atoms with van der Waals surface area (Å²) in [6.07, 6.45) is -0.592. The molecule has 0 radical (unpaired) electrons. The normalized spacial score (nSPS) is 11.9. The van der Waals surface area contributed by atoms with E-state index in [9.17, 15) is 14.9 Å². The quantitative estimate of drug-likeness (QED) is 0.356. The summed E-state index contributed by atoms with van der Waals surface area (Å²) in [5.41, 5.74) is 3.72. The highest BCUT2D eigenvalue weighted by molar-refractivity contribution is 7.99. The van der Waals surface area contributed by atoms with Gasteiger partial charge in [0.05, 0.1) is 21.9 Å². The van der Waals surface area contributed by atoms with Crippen molar-refractivity contribution in [2.24, 2.45) is 0 Å². The predicted octanol–water partition coefficient (Wildman–Crippen LogP) is 5.67. The Morgan fingerprint density at radius 2 is 1.48 bits per heavy atom. The van der Waals surface area contributed by atoms with Crippen LogP contribution in [0, 0.1) is 10.1 Å². The lowest BCUT2D eigenvalue weighted by atomic mass is 10.2. The van der Waals surface area contributed by atoms with Gasteiger partial charge in [-0.05, 0) is 42.5 Å². The summed E-state index contributed by atoms with van der Waals surface area (Å²) in [4.78, 5) is 31.5. The molecule has 1 aliphatic rings. The minimum absolute atomic E-state index is 0.0773. The van der Waals surface area contributed by atoms with Crippen molar-refractivity contribution in [2.45, 2.75) is 16.4 Å². The molecule has 0 N–H and O–H groups in total. The average Bonchev–Trinajstić information content (AvgIpc) is 2.80. The third-order valence-corrected chi connectivity index (χ3v) is 6.44. The summed E-state index contributed by atoms with van der Waals surface area (Å²) in [6.45, 7) is -0.199. The Bertz CT molecular complexity index is 1170. The molecule has 0 aromatic heterocycles. The molecule has 0 atom stereocenters. The van der Waals surface area contributed by atoms with Gasteiger partial charge in [0.25, 0.3) is 5.69 Å². The number of hydrogen-bond acceptors (Lipinski definition) is 7. The summed E-state index contributed by atoms with van der Waals surface area (Å²) in [5, 5.41) is 11.3. The van der Waals surface area contributed by atoms with Crippen molar-refractivity contribution >= 4 is 46.3 Å². The number of anilines is 4. The van der Waals surface area contributed by atoms with Crippen LogP contribution in [0.5, 0.6) is 0 Å². The standard InChI is InChI=1S/C24H24N4O4S/c1-25(2)17-9-11-20-22(13-17)33-23-14-18(26(3)4)10-12-21(23)27(20)24(29)32-15-16-7-5-6-8-19(16)28(30)31/h5-14H,15H2,1-4H3. The van der Waals surface area contributed by atoms with E-state index in [0.717, 1.165) is 21.2 Å². The van der Waals surface area contributed by atoms with Gasteiger partial charge in [0.15, 0.2) is 0 Å². The van der Waals surface area contributed by atoms with Crippen LogP contribution >= 0.6 is 11.8 Å². The van der Waals surface area contributed by atoms with Crippen LogP contribution in [0.25, 0.3) is 0 Å². The van der Waals surface area contributed by atoms with E-state index in [-0.39, 0.29) is 12.3 Å². The number of para-hydroxylation sites is 1. The second-order valence-electron chi connectivity index (χ2n) is 7.97. The number of nitro groups is 1. The van der Waals surface area contributed by atoms with E-state index in [4.69, 9.17) is 4.74 Å². The number of carbonyl (C=O) groups is 1. The number of carbonyl (C=O) groups excluding carboxylic acids is 1. The van der Waals surface area contributed by atoms with Crippen molar-refractivity contribution < 1.29 is 14.5 Å². The Labute approximate surface area is 196 Å². The number of ether oxygens (including phenoxy) is 1. The van der Waals surface area contributed by atoms with Crippen LogP contribution in [-0.4, -0.2) is 39.2 Å². The van der Waals surface area contributed by atoms with E-state index < -0.39 is 11.0 Å². The molecule has 0 saturated carbocycles. The van der Waals surface area contributed by atoms with E-state index >= 15 is 0 Å². The highest BCUT2D eigenvalue weighted by Crippen LogP contribution is 2.50. The fourth-order valence-electron chi connectivity index (χ4n) is 3.55. The molecule has 8 nitrogen and oxygen atoms in total. The SMILES string of the molecule is CN(C)c1ccc2c(c1)Sc1cc(N(C)C)ccc1N2C(=O)OCc1ccccc1[N+](=O)[O-]. The lowest BCUT2D eigenvalue weighted by Crippen LogP contribution is -2.29. The number of nitrogens with zero attached hydrogens (tertiary/aromatic N) is 4. The predicted molar refractivity (Wildman–Crippen MR) is 131 cm³/mol. The number of hydrogen-bond donors (Lipinski definition) is 0. The molecule has 3 aromatic rings. The molecule has 1 aliphatic heterocycles. The molecule has 170 valence electrons. The summed E-state index contributed by atoms with van der Waals surface area (Å²) in [6, 6.07) is 18.0. The first-order valence-corrected chi connectivity index (χ1v) is 11.1. The Kier molecular flexibility index (Phi) is 6.15. The number of nitro benzene ring substituents is 1. The van der Waals surface area contributed by atoms with Crippen molar-refractivity contribution in [3.63, 3.8) is 0 Å². The van der Waals surface area contributed by atoms with E-state index in [2.05, 4.69) is 0 Å². The first-order chi connectivity index (χ1) is 15.8. The van der Waals surface area contributed by atoms with Gasteiger partial charge in [-0.1, -0.05) is 23.9 Å². The van der Waals surface area contributed by atoms with Crippen LogP contribution in [0.15, 0.2) is 70.5 Å². The van der Waals surface area contributed by atoms with Crippen molar-refractivity contribution in [3.05, 3.63) is 76.3 Å². The zero-order valence-corrected chi connectivity index (χ0v) is 19.6. The summed E-state index contributed by atoms with van der Waals surface area (Å²) in [7, 11) is 7.86. The van der Waals surface area contributed by atoms with Gasteiger partial charge in [-0.3, -0.25) is 10.1 Å². The summed E-state index contributed by atoms with van der Waals surface area (Å²) < 4.78 is 5.58. The largest absolute Gasteiger partial charge is 0.444 e. The van der Waals surface area contributed by atoms with Crippen LogP contribution in [0.1, 0.15) is 5.56 Å². The van der Waals surface area contributed by atoms with Crippen LogP contribution in [0.2, 0.25) is 0 Å². The van der Waals surface area contributed by atoms with Gasteiger partial charge in [0.2, 0.25) is 0 Å². The number of fused-ring (bicyclic) bond motifs is 2. The Balaban J connectivity index is 1.71. The monoisotopic (exact) mass is 464 g/mol. The molecule has 1 amide bonds. The van der Waals surface area contributed by atoms with Gasteiger partial charge < -0.3 is 14.5 Å². The number of rotatable bonds is 5. The van der Waals surface area contributed by atoms with Crippen LogP contribution in [-0.2, 0) is 11.3 Å². The maximum absolute atomic E-state index is 13.3. The number of benzene rings is 3. The molecular weight excluding hydrogens is 440 g/mol. The molecule has 0 aliphatic carbocycles. The highest BCUT2D eigenvalue weighted by atomic mass is 32.2. The zero-order chi connectivity index (χ0) is 23.7. The van der Waals surface area contributed by atoms with Crippen LogP contribution < -0.4 is 14.7 Å². The molecule has 0 bridgehead atoms. The second kappa shape index (κ2) is 9.03. The van der Waals surface area contributed by atoms with E-state index in [1.165, 1.54) is 11.0 Å². The lowest BCUT2D eigenvalue weighted by Gasteiger charge is -2.32. The molecule has 33 heavy (non-hydrogen) atoms. The maximum atomic E-state index is 13.3. The van der Waals surface area contributed by atoms with Crippen molar-refractivity contribution in [2.75, 3.05) is 42.9 Å². The molecule has 0 unspecified atom stereocenters. The summed E-state index contributed by atoms with van der Waals surface area (Å²) >= 11 is 1.60. The van der Waals surface area contributed by atoms with Gasteiger partial charge in [-0.2, -0.15) is 0 Å². The third-order valence-electron chi connectivity index (χ3n) is 5.34. The van der Waals surface area contributed by atoms with Crippen LogP contribution in [0.3, 0.4) is 0 Å². The zero-order valence-electron chi connectivity index (χ0n) is 18.8. The molecule has 0 spiro atoms. The van der Waals surface area contributed by atoms with Gasteiger partial charge in [-0.15, -0.1) is 0 Å². The Morgan fingerprint density at radius 1 is 0.939 bits per heavy atom. The van der Waals surface area contributed by atoms with Crippen molar-refractivity contribution in [1.29, 1.82) is 0 Å². The van der Waals surface area contributed by atoms with E-state index in [0.29, 0.717) is 16.9 Å². The minimum Gasteiger partial charge on any atom is -0.444 e. The summed E-state index contributed by atoms with van der Waals surface area (Å²) in [5.74, 6) is 0. The molecule has 1 heterocycles. The topological polar surface area (TPSA) is 79.2 Å². The van der Waals surface area contributed by atoms with Crippen LogP contribution in [0.4, 0.5) is 33.2 Å². The first kappa shape index (κ1) is 22.5. The highest BCUT2D eigenvalue weighted by Gasteiger charge is 2.30. The lowest BCUT2D eigenvalue weighted by molar-refractivity contribution is -0.385. The first-order valence-electron chi connectivity index (χ1n) is 10.3. The molecule has 3 aromatic carbocycles. The fraction of sp³-hybridized carbons (Fsp3) is 0.208. The third kappa shape index (κ3) is 4.45. The molecule has 0 fully saturated rings. The second-order valence-corrected chi connectivity index (χ2v) is 9.05. The smallest absolute Gasteiger partial charge is 0.419 e. The minimum atomic E-state index is -0.592. The Morgan fingerprint density at radius 3 is 2.00 bits per heavy atom. The van der Waals surface area contributed by atoms with E-state index in [1.807, 2.05) is 74.4 Å². The van der Waals surface area contributed by atoms with Gasteiger partial charge in [0.1, 0.15) is 6.61 Å². The molecule has 0 saturated heterocycles. The van der Waals surface area contributed by atoms with E-state index in [1.54, 1.807) is 30.0 Å². The molecule has 9 heteroatoms. The average molecular weight is 465 g/mol. The van der Waals surface area contributed by atoms with Gasteiger partial charge >= 0.3 is 6.09 Å². The maximum Gasteiger partial charge on any atom is 0.419 e. The number of amides is 1. The fourth-order valence-corrected chi connectivity index (χ4v) is 4.68. The van der Waals surface area contributed by atoms with Crippen molar-refractivity contribution in [1.82, 2.24) is 0 Å².